The van der Waals surface area contributed by atoms with Crippen LogP contribution in [0.25, 0.3) is 0 Å². The highest BCUT2D eigenvalue weighted by molar-refractivity contribution is 5.93. The van der Waals surface area contributed by atoms with E-state index in [0.29, 0.717) is 12.1 Å². The van der Waals surface area contributed by atoms with E-state index < -0.39 is 0 Å². The van der Waals surface area contributed by atoms with Crippen LogP contribution >= 0.6 is 0 Å². The monoisotopic (exact) mass is 235 g/mol. The standard InChI is InChI=1S/C12H17N3O2/c1-8-5-10(7-14-15-8)12(17)13-6-9-3-2-4-11(9)16/h5,7,9,11,16H,2-4,6H2,1H3,(H,13,17)/t9-,11+/m0/s1. The van der Waals surface area contributed by atoms with Gasteiger partial charge in [-0.25, -0.2) is 0 Å². The molecule has 5 nitrogen and oxygen atoms in total. The van der Waals surface area contributed by atoms with Crippen LogP contribution in [0.3, 0.4) is 0 Å². The molecule has 1 aromatic rings. The van der Waals surface area contributed by atoms with Crippen LogP contribution in [0.5, 0.6) is 0 Å². The predicted molar refractivity (Wildman–Crippen MR) is 62.5 cm³/mol. The quantitative estimate of drug-likeness (QED) is 0.807. The first-order chi connectivity index (χ1) is 8.16. The highest BCUT2D eigenvalue weighted by Crippen LogP contribution is 2.24. The second kappa shape index (κ2) is 5.23. The summed E-state index contributed by atoms with van der Waals surface area (Å²) in [7, 11) is 0. The molecule has 0 saturated heterocycles. The van der Waals surface area contributed by atoms with E-state index in [4.69, 9.17) is 0 Å². The molecule has 0 unspecified atom stereocenters. The van der Waals surface area contributed by atoms with Gasteiger partial charge in [0.25, 0.3) is 5.91 Å². The number of hydrogen-bond donors (Lipinski definition) is 2. The van der Waals surface area contributed by atoms with Gasteiger partial charge in [0.05, 0.1) is 23.6 Å². The Morgan fingerprint density at radius 1 is 1.59 bits per heavy atom. The van der Waals surface area contributed by atoms with Gasteiger partial charge in [-0.1, -0.05) is 6.42 Å². The fourth-order valence-electron chi connectivity index (χ4n) is 2.18. The molecule has 0 bridgehead atoms. The molecule has 1 aliphatic carbocycles. The Labute approximate surface area is 100 Å². The normalized spacial score (nSPS) is 23.6. The summed E-state index contributed by atoms with van der Waals surface area (Å²) in [6.45, 7) is 2.33. The summed E-state index contributed by atoms with van der Waals surface area (Å²) in [5.41, 5.74) is 1.24. The van der Waals surface area contributed by atoms with E-state index in [1.54, 1.807) is 13.0 Å². The average molecular weight is 235 g/mol. The largest absolute Gasteiger partial charge is 0.393 e. The minimum Gasteiger partial charge on any atom is -0.393 e. The molecular formula is C12H17N3O2. The molecule has 92 valence electrons. The fourth-order valence-corrected chi connectivity index (χ4v) is 2.18. The minimum absolute atomic E-state index is 0.151. The topological polar surface area (TPSA) is 75.1 Å². The van der Waals surface area contributed by atoms with E-state index in [1.807, 2.05) is 0 Å². The van der Waals surface area contributed by atoms with Gasteiger partial charge >= 0.3 is 0 Å². The number of aromatic nitrogens is 2. The smallest absolute Gasteiger partial charge is 0.252 e. The second-order valence-corrected chi connectivity index (χ2v) is 4.55. The third-order valence-corrected chi connectivity index (χ3v) is 3.18. The molecule has 1 aliphatic rings. The van der Waals surface area contributed by atoms with Gasteiger partial charge in [0.15, 0.2) is 0 Å². The lowest BCUT2D eigenvalue weighted by molar-refractivity contribution is 0.0916. The van der Waals surface area contributed by atoms with E-state index >= 15 is 0 Å². The predicted octanol–water partition coefficient (Wildman–Crippen LogP) is 0.676. The SMILES string of the molecule is Cc1cc(C(=O)NC[C@@H]2CCC[C@H]2O)cnn1. The Balaban J connectivity index is 1.89. The molecule has 17 heavy (non-hydrogen) atoms. The molecule has 2 N–H and O–H groups in total. The molecule has 0 spiro atoms. The first kappa shape index (κ1) is 12.0. The van der Waals surface area contributed by atoms with Crippen LogP contribution in [0.15, 0.2) is 12.3 Å². The van der Waals surface area contributed by atoms with Crippen LogP contribution in [-0.2, 0) is 0 Å². The molecule has 1 heterocycles. The van der Waals surface area contributed by atoms with Crippen molar-refractivity contribution in [1.29, 1.82) is 0 Å². The number of carbonyl (C=O) groups excluding carboxylic acids is 1. The number of nitrogens with one attached hydrogen (secondary N) is 1. The maximum absolute atomic E-state index is 11.8. The number of aliphatic hydroxyl groups excluding tert-OH is 1. The Morgan fingerprint density at radius 2 is 2.41 bits per heavy atom. The van der Waals surface area contributed by atoms with Crippen molar-refractivity contribution in [3.63, 3.8) is 0 Å². The van der Waals surface area contributed by atoms with Gasteiger partial charge in [-0.15, -0.1) is 0 Å². The molecule has 1 amide bonds. The van der Waals surface area contributed by atoms with Gasteiger partial charge in [0, 0.05) is 12.5 Å². The highest BCUT2D eigenvalue weighted by atomic mass is 16.3. The van der Waals surface area contributed by atoms with Crippen molar-refractivity contribution >= 4 is 5.91 Å². The second-order valence-electron chi connectivity index (χ2n) is 4.55. The molecule has 0 radical (unpaired) electrons. The van der Waals surface area contributed by atoms with Crippen molar-refractivity contribution in [3.8, 4) is 0 Å². The molecule has 0 aromatic carbocycles. The summed E-state index contributed by atoms with van der Waals surface area (Å²) >= 11 is 0. The maximum atomic E-state index is 11.8. The van der Waals surface area contributed by atoms with Gasteiger partial charge < -0.3 is 10.4 Å². The first-order valence-corrected chi connectivity index (χ1v) is 5.92. The number of rotatable bonds is 3. The molecular weight excluding hydrogens is 218 g/mol. The van der Waals surface area contributed by atoms with Gasteiger partial charge in [-0.3, -0.25) is 4.79 Å². The van der Waals surface area contributed by atoms with Crippen LogP contribution in [-0.4, -0.2) is 33.9 Å². The van der Waals surface area contributed by atoms with E-state index in [9.17, 15) is 9.90 Å². The van der Waals surface area contributed by atoms with E-state index in [-0.39, 0.29) is 17.9 Å². The average Bonchev–Trinajstić information content (AvgIpc) is 2.72. The minimum atomic E-state index is -0.271. The molecule has 1 saturated carbocycles. The van der Waals surface area contributed by atoms with E-state index in [2.05, 4.69) is 15.5 Å². The third kappa shape index (κ3) is 3.00. The number of nitrogens with zero attached hydrogens (tertiary/aromatic N) is 2. The summed E-state index contributed by atoms with van der Waals surface area (Å²) in [5.74, 6) is 0.0388. The zero-order chi connectivity index (χ0) is 12.3. The van der Waals surface area contributed by atoms with Crippen molar-refractivity contribution in [3.05, 3.63) is 23.5 Å². The van der Waals surface area contributed by atoms with E-state index in [1.165, 1.54) is 6.20 Å². The van der Waals surface area contributed by atoms with Crippen molar-refractivity contribution in [2.45, 2.75) is 32.3 Å². The Bertz CT molecular complexity index is 408. The van der Waals surface area contributed by atoms with Gasteiger partial charge in [0.2, 0.25) is 0 Å². The Kier molecular flexibility index (Phi) is 3.68. The van der Waals surface area contributed by atoms with Gasteiger partial charge in [0.1, 0.15) is 0 Å². The molecule has 0 aliphatic heterocycles. The van der Waals surface area contributed by atoms with Crippen molar-refractivity contribution in [2.75, 3.05) is 6.54 Å². The van der Waals surface area contributed by atoms with Crippen LogP contribution in [0.2, 0.25) is 0 Å². The summed E-state index contributed by atoms with van der Waals surface area (Å²) in [4.78, 5) is 11.8. The van der Waals surface area contributed by atoms with Gasteiger partial charge in [-0.2, -0.15) is 10.2 Å². The van der Waals surface area contributed by atoms with Crippen molar-refractivity contribution < 1.29 is 9.90 Å². The summed E-state index contributed by atoms with van der Waals surface area (Å²) in [5, 5.41) is 20.0. The number of hydrogen-bond acceptors (Lipinski definition) is 4. The zero-order valence-electron chi connectivity index (χ0n) is 9.89. The number of aliphatic hydroxyl groups is 1. The van der Waals surface area contributed by atoms with Crippen LogP contribution < -0.4 is 5.32 Å². The van der Waals surface area contributed by atoms with Crippen LogP contribution in [0, 0.1) is 12.8 Å². The lowest BCUT2D eigenvalue weighted by Crippen LogP contribution is -2.32. The Hall–Kier alpha value is -1.49. The molecule has 1 aromatic heterocycles. The molecule has 5 heteroatoms. The van der Waals surface area contributed by atoms with Crippen molar-refractivity contribution in [2.24, 2.45) is 5.92 Å². The summed E-state index contributed by atoms with van der Waals surface area (Å²) < 4.78 is 0. The van der Waals surface area contributed by atoms with Gasteiger partial charge in [-0.05, 0) is 25.8 Å². The summed E-state index contributed by atoms with van der Waals surface area (Å²) in [6.07, 6.45) is 4.05. The number of carbonyl (C=O) groups is 1. The number of amides is 1. The fraction of sp³-hybridized carbons (Fsp3) is 0.583. The van der Waals surface area contributed by atoms with Crippen LogP contribution in [0.1, 0.15) is 35.3 Å². The Morgan fingerprint density at radius 3 is 3.06 bits per heavy atom. The maximum Gasteiger partial charge on any atom is 0.252 e. The number of aryl methyl sites for hydroxylation is 1. The van der Waals surface area contributed by atoms with E-state index in [0.717, 1.165) is 25.0 Å². The lowest BCUT2D eigenvalue weighted by atomic mass is 10.1. The van der Waals surface area contributed by atoms with Crippen molar-refractivity contribution in [1.82, 2.24) is 15.5 Å². The lowest BCUT2D eigenvalue weighted by Gasteiger charge is -2.14. The first-order valence-electron chi connectivity index (χ1n) is 5.92. The summed E-state index contributed by atoms with van der Waals surface area (Å²) in [6, 6.07) is 1.70. The third-order valence-electron chi connectivity index (χ3n) is 3.18. The molecule has 1 fully saturated rings. The van der Waals surface area contributed by atoms with Crippen LogP contribution in [0.4, 0.5) is 0 Å². The zero-order valence-corrected chi connectivity index (χ0v) is 9.89. The molecule has 2 atom stereocenters. The molecule has 2 rings (SSSR count). The highest BCUT2D eigenvalue weighted by Gasteiger charge is 2.25.